The number of nitrogens with zero attached hydrogens (tertiary/aromatic N) is 1. The van der Waals surface area contributed by atoms with E-state index in [9.17, 15) is 23.1 Å². The highest BCUT2D eigenvalue weighted by Gasteiger charge is 2.25. The molecule has 0 aromatic heterocycles. The molecule has 1 heterocycles. The number of non-ortho nitro benzene ring substituents is 1. The lowest BCUT2D eigenvalue weighted by Gasteiger charge is -2.21. The maximum absolute atomic E-state index is 13.9. The number of benzene rings is 2. The van der Waals surface area contributed by atoms with Gasteiger partial charge in [-0.2, -0.15) is 0 Å². The summed E-state index contributed by atoms with van der Waals surface area (Å²) in [6.45, 7) is 1.70. The minimum atomic E-state index is -1.61. The van der Waals surface area contributed by atoms with Gasteiger partial charge in [0.05, 0.1) is 22.5 Å². The molecule has 138 valence electrons. The summed E-state index contributed by atoms with van der Waals surface area (Å²) in [5.74, 6) is -1.16. The Kier molecular flexibility index (Phi) is 5.28. The van der Waals surface area contributed by atoms with E-state index in [2.05, 4.69) is 0 Å². The van der Waals surface area contributed by atoms with E-state index in [0.717, 1.165) is 12.1 Å². The highest BCUT2D eigenvalue weighted by molar-refractivity contribution is 7.84. The van der Waals surface area contributed by atoms with Gasteiger partial charge in [0.2, 0.25) is 0 Å². The van der Waals surface area contributed by atoms with Gasteiger partial charge < -0.3 is 9.47 Å². The lowest BCUT2D eigenvalue weighted by Crippen LogP contribution is -2.15. The average molecular weight is 383 g/mol. The van der Waals surface area contributed by atoms with Crippen LogP contribution in [0.2, 0.25) is 0 Å². The molecule has 0 saturated carbocycles. The van der Waals surface area contributed by atoms with Crippen molar-refractivity contribution < 1.29 is 27.4 Å². The van der Waals surface area contributed by atoms with Crippen LogP contribution in [0.25, 0.3) is 0 Å². The molecular formula is C17H15F2NO5S. The van der Waals surface area contributed by atoms with Gasteiger partial charge in [-0.25, -0.2) is 8.78 Å². The molecule has 0 spiro atoms. The Morgan fingerprint density at radius 3 is 2.77 bits per heavy atom. The standard InChI is InChI=1S/C17H15F2NO5S/c1-10(15-3-2-13(18)6-16(15)19)26(23)8-12-5-14(20(21)22)4-11-7-24-9-25-17(11)12/h2-6,10H,7-9H2,1H3/t10-,26-/m0/s1. The van der Waals surface area contributed by atoms with E-state index in [1.165, 1.54) is 18.2 Å². The SMILES string of the molecule is C[C@@H](c1ccc(F)cc1F)[S@@](=O)Cc1cc([N+](=O)[O-])cc2c1OCOC2. The fraction of sp³-hybridized carbons (Fsp3) is 0.294. The van der Waals surface area contributed by atoms with Gasteiger partial charge in [-0.15, -0.1) is 0 Å². The van der Waals surface area contributed by atoms with Gasteiger partial charge in [0, 0.05) is 45.7 Å². The van der Waals surface area contributed by atoms with Gasteiger partial charge in [0.25, 0.3) is 5.69 Å². The summed E-state index contributed by atoms with van der Waals surface area (Å²) in [6.07, 6.45) is 0. The topological polar surface area (TPSA) is 78.7 Å². The molecule has 9 heteroatoms. The van der Waals surface area contributed by atoms with E-state index < -0.39 is 32.6 Å². The van der Waals surface area contributed by atoms with Crippen molar-refractivity contribution in [2.24, 2.45) is 0 Å². The molecule has 0 saturated heterocycles. The number of rotatable bonds is 5. The Morgan fingerprint density at radius 1 is 1.31 bits per heavy atom. The van der Waals surface area contributed by atoms with Crippen molar-refractivity contribution in [2.45, 2.75) is 24.5 Å². The molecule has 0 amide bonds. The van der Waals surface area contributed by atoms with Crippen LogP contribution in [0.1, 0.15) is 28.9 Å². The zero-order valence-electron chi connectivity index (χ0n) is 13.7. The number of fused-ring (bicyclic) bond motifs is 1. The maximum atomic E-state index is 13.9. The van der Waals surface area contributed by atoms with E-state index in [0.29, 0.717) is 16.9 Å². The van der Waals surface area contributed by atoms with Crippen LogP contribution in [0.4, 0.5) is 14.5 Å². The minimum Gasteiger partial charge on any atom is -0.467 e. The average Bonchev–Trinajstić information content (AvgIpc) is 2.61. The number of hydrogen-bond donors (Lipinski definition) is 0. The summed E-state index contributed by atoms with van der Waals surface area (Å²) in [6, 6.07) is 5.74. The van der Waals surface area contributed by atoms with Crippen molar-refractivity contribution >= 4 is 16.5 Å². The van der Waals surface area contributed by atoms with Crippen molar-refractivity contribution in [3.63, 3.8) is 0 Å². The smallest absolute Gasteiger partial charge is 0.270 e. The lowest BCUT2D eigenvalue weighted by molar-refractivity contribution is -0.385. The monoisotopic (exact) mass is 383 g/mol. The van der Waals surface area contributed by atoms with E-state index in [4.69, 9.17) is 9.47 Å². The third-order valence-electron chi connectivity index (χ3n) is 4.08. The molecule has 0 fully saturated rings. The Bertz CT molecular complexity index is 890. The molecule has 1 aliphatic rings. The first kappa shape index (κ1) is 18.4. The summed E-state index contributed by atoms with van der Waals surface area (Å²) in [7, 11) is -1.61. The fourth-order valence-electron chi connectivity index (χ4n) is 2.74. The summed E-state index contributed by atoms with van der Waals surface area (Å²) in [4.78, 5) is 10.6. The maximum Gasteiger partial charge on any atom is 0.270 e. The quantitative estimate of drug-likeness (QED) is 0.580. The zero-order chi connectivity index (χ0) is 18.8. The molecule has 26 heavy (non-hydrogen) atoms. The highest BCUT2D eigenvalue weighted by atomic mass is 32.2. The molecular weight excluding hydrogens is 368 g/mol. The van der Waals surface area contributed by atoms with Crippen molar-refractivity contribution in [1.29, 1.82) is 0 Å². The predicted octanol–water partition coefficient (Wildman–Crippen LogP) is 3.75. The van der Waals surface area contributed by atoms with E-state index >= 15 is 0 Å². The highest BCUT2D eigenvalue weighted by Crippen LogP contribution is 2.35. The largest absolute Gasteiger partial charge is 0.467 e. The van der Waals surface area contributed by atoms with Crippen LogP contribution in [-0.2, 0) is 27.9 Å². The molecule has 0 unspecified atom stereocenters. The van der Waals surface area contributed by atoms with Crippen molar-refractivity contribution in [3.05, 3.63) is 68.8 Å². The molecule has 1 aliphatic heterocycles. The van der Waals surface area contributed by atoms with Crippen LogP contribution in [0.5, 0.6) is 5.75 Å². The lowest BCUT2D eigenvalue weighted by atomic mass is 10.1. The second-order valence-electron chi connectivity index (χ2n) is 5.79. The number of nitro benzene ring substituents is 1. The first-order valence-electron chi connectivity index (χ1n) is 7.69. The zero-order valence-corrected chi connectivity index (χ0v) is 14.6. The second kappa shape index (κ2) is 7.46. The predicted molar refractivity (Wildman–Crippen MR) is 90.0 cm³/mol. The summed E-state index contributed by atoms with van der Waals surface area (Å²) < 4.78 is 50.2. The Hall–Kier alpha value is -2.39. The van der Waals surface area contributed by atoms with Crippen LogP contribution in [0.15, 0.2) is 30.3 Å². The number of hydrogen-bond acceptors (Lipinski definition) is 5. The van der Waals surface area contributed by atoms with E-state index in [-0.39, 0.29) is 30.4 Å². The third kappa shape index (κ3) is 3.73. The molecule has 2 aromatic rings. The molecule has 3 rings (SSSR count). The Labute approximate surface area is 150 Å². The van der Waals surface area contributed by atoms with Crippen LogP contribution < -0.4 is 4.74 Å². The van der Waals surface area contributed by atoms with E-state index in [1.54, 1.807) is 6.92 Å². The van der Waals surface area contributed by atoms with Crippen LogP contribution in [0.3, 0.4) is 0 Å². The van der Waals surface area contributed by atoms with Crippen molar-refractivity contribution in [1.82, 2.24) is 0 Å². The Balaban J connectivity index is 1.91. The summed E-state index contributed by atoms with van der Waals surface area (Å²) in [5, 5.41) is 10.4. The van der Waals surface area contributed by atoms with Gasteiger partial charge >= 0.3 is 0 Å². The molecule has 2 atom stereocenters. The van der Waals surface area contributed by atoms with Gasteiger partial charge in [0.1, 0.15) is 17.4 Å². The number of halogens is 2. The molecule has 0 aliphatic carbocycles. The van der Waals surface area contributed by atoms with Crippen molar-refractivity contribution in [2.75, 3.05) is 6.79 Å². The third-order valence-corrected chi connectivity index (χ3v) is 5.71. The van der Waals surface area contributed by atoms with Crippen LogP contribution >= 0.6 is 0 Å². The second-order valence-corrected chi connectivity index (χ2v) is 7.55. The van der Waals surface area contributed by atoms with Crippen molar-refractivity contribution in [3.8, 4) is 5.75 Å². The van der Waals surface area contributed by atoms with Gasteiger partial charge in [0.15, 0.2) is 6.79 Å². The molecule has 6 nitrogen and oxygen atoms in total. The minimum absolute atomic E-state index is 0.00735. The molecule has 0 N–H and O–H groups in total. The first-order chi connectivity index (χ1) is 12.4. The normalized spacial score (nSPS) is 15.7. The number of nitro groups is 1. The summed E-state index contributed by atoms with van der Waals surface area (Å²) >= 11 is 0. The Morgan fingerprint density at radius 2 is 2.08 bits per heavy atom. The first-order valence-corrected chi connectivity index (χ1v) is 9.08. The van der Waals surface area contributed by atoms with Crippen LogP contribution in [0, 0.1) is 21.7 Å². The van der Waals surface area contributed by atoms with Gasteiger partial charge in [-0.1, -0.05) is 6.07 Å². The molecule has 2 aromatic carbocycles. The van der Waals surface area contributed by atoms with Gasteiger partial charge in [-0.05, 0) is 13.0 Å². The molecule has 0 radical (unpaired) electrons. The molecule has 0 bridgehead atoms. The fourth-order valence-corrected chi connectivity index (χ4v) is 3.99. The van der Waals surface area contributed by atoms with Crippen LogP contribution in [-0.4, -0.2) is 15.9 Å². The van der Waals surface area contributed by atoms with E-state index in [1.807, 2.05) is 0 Å². The number of ether oxygens (including phenoxy) is 2. The van der Waals surface area contributed by atoms with Gasteiger partial charge in [-0.3, -0.25) is 14.3 Å². The summed E-state index contributed by atoms with van der Waals surface area (Å²) in [5.41, 5.74) is 0.849.